The van der Waals surface area contributed by atoms with Gasteiger partial charge in [0, 0.05) is 112 Å². The number of aromatic nitrogens is 5. The number of benzene rings is 10. The SMILES string of the molecule is [2H]c1c([2H])c([2H])c(-c2cccc(-c3c([2H])c([2H])c([2H])c([2H])c3[2H])c2-[n+]2[c-]n(-c3[c-]c(Oc4[c-]c5c(cc4-n4c6ccccc6c6ccccc64)c4cc(-c6ccccc6)ccc4n5-c4cc(N(C)C)ccn4)ccc3)c3ccc(N(C)C)cc32)c([2H])c1[2H].[Pt]. The molecule has 14 rings (SSSR count). The van der Waals surface area contributed by atoms with Gasteiger partial charge in [0.1, 0.15) is 5.82 Å². The van der Waals surface area contributed by atoms with Crippen LogP contribution in [0.2, 0.25) is 0 Å². The van der Waals surface area contributed by atoms with Gasteiger partial charge in [0.15, 0.2) is 0 Å². The first-order chi connectivity index (χ1) is 42.5. The first-order valence-electron chi connectivity index (χ1n) is 30.4. The van der Waals surface area contributed by atoms with E-state index in [0.29, 0.717) is 39.7 Å². The molecule has 384 valence electrons. The van der Waals surface area contributed by atoms with E-state index in [-0.39, 0.29) is 49.0 Å². The summed E-state index contributed by atoms with van der Waals surface area (Å²) in [6, 6.07) is 57.6. The van der Waals surface area contributed by atoms with Gasteiger partial charge in [-0.1, -0.05) is 174 Å². The number of nitrogens with zero attached hydrogens (tertiary/aromatic N) is 7. The maximum Gasteiger partial charge on any atom is 0.268 e. The number of fused-ring (bicyclic) bond motifs is 7. The molecule has 0 saturated heterocycles. The molecular weight excluding hydrogens is 1150 g/mol. The van der Waals surface area contributed by atoms with Crippen LogP contribution in [0.15, 0.2) is 236 Å². The number of para-hydroxylation sites is 3. The molecule has 8 nitrogen and oxygen atoms in total. The zero-order valence-electron chi connectivity index (χ0n) is 53.1. The van der Waals surface area contributed by atoms with Crippen LogP contribution in [0.4, 0.5) is 11.4 Å². The quantitative estimate of drug-likeness (QED) is 0.0956. The van der Waals surface area contributed by atoms with Crippen LogP contribution in [0.3, 0.4) is 0 Å². The van der Waals surface area contributed by atoms with Crippen LogP contribution in [0.25, 0.3) is 111 Å². The van der Waals surface area contributed by atoms with Gasteiger partial charge in [-0.15, -0.1) is 24.3 Å². The van der Waals surface area contributed by atoms with Crippen molar-refractivity contribution in [1.82, 2.24) is 18.7 Å². The molecule has 0 amide bonds. The van der Waals surface area contributed by atoms with E-state index < -0.39 is 60.4 Å². The number of anilines is 2. The van der Waals surface area contributed by atoms with E-state index in [1.54, 1.807) is 27.3 Å². The van der Waals surface area contributed by atoms with Crippen molar-refractivity contribution in [1.29, 1.82) is 0 Å². The predicted molar refractivity (Wildman–Crippen MR) is 319 cm³/mol. The molecule has 0 unspecified atom stereocenters. The Morgan fingerprint density at radius 1 is 0.506 bits per heavy atom. The molecule has 0 spiro atoms. The van der Waals surface area contributed by atoms with Crippen molar-refractivity contribution in [3.63, 3.8) is 0 Å². The van der Waals surface area contributed by atoms with Gasteiger partial charge in [0.2, 0.25) is 0 Å². The average molecular weight is 1210 g/mol. The summed E-state index contributed by atoms with van der Waals surface area (Å²) in [5.74, 6) is 1.37. The summed E-state index contributed by atoms with van der Waals surface area (Å²) in [6.07, 6.45) is 5.33. The Kier molecular flexibility index (Phi) is 9.93. The molecule has 0 radical (unpaired) electrons. The molecular formula is C70H51N7OPt-2. The molecule has 4 heterocycles. The van der Waals surface area contributed by atoms with E-state index in [1.165, 1.54) is 0 Å². The van der Waals surface area contributed by atoms with E-state index in [4.69, 9.17) is 17.9 Å². The fraction of sp³-hybridized carbons (Fsp3) is 0.0571. The van der Waals surface area contributed by atoms with E-state index in [1.807, 2.05) is 129 Å². The van der Waals surface area contributed by atoms with E-state index >= 15 is 0 Å². The number of imidazole rings is 1. The molecule has 0 atom stereocenters. The molecule has 9 heteroatoms. The minimum atomic E-state index is -0.586. The second kappa shape index (κ2) is 20.1. The first-order valence-corrected chi connectivity index (χ1v) is 25.4. The third-order valence-electron chi connectivity index (χ3n) is 14.3. The van der Waals surface area contributed by atoms with Crippen LogP contribution in [0.5, 0.6) is 11.5 Å². The minimum absolute atomic E-state index is 0. The maximum atomic E-state index is 9.24. The van der Waals surface area contributed by atoms with Crippen LogP contribution in [-0.4, -0.2) is 46.9 Å². The molecule has 14 aromatic rings. The van der Waals surface area contributed by atoms with Gasteiger partial charge in [-0.05, 0) is 86.5 Å². The van der Waals surface area contributed by atoms with Crippen molar-refractivity contribution in [2.24, 2.45) is 0 Å². The molecule has 0 aliphatic rings. The largest absolute Gasteiger partial charge is 0.508 e. The smallest absolute Gasteiger partial charge is 0.268 e. The van der Waals surface area contributed by atoms with Crippen molar-refractivity contribution in [2.45, 2.75) is 0 Å². The van der Waals surface area contributed by atoms with Crippen molar-refractivity contribution < 1.29 is 44.1 Å². The van der Waals surface area contributed by atoms with Crippen LogP contribution >= 0.6 is 0 Å². The fourth-order valence-corrected chi connectivity index (χ4v) is 10.7. The summed E-state index contributed by atoms with van der Waals surface area (Å²) in [4.78, 5) is 8.93. The van der Waals surface area contributed by atoms with Crippen molar-refractivity contribution in [2.75, 3.05) is 38.0 Å². The molecule has 0 aliphatic carbocycles. The van der Waals surface area contributed by atoms with Gasteiger partial charge in [-0.25, -0.2) is 4.98 Å². The molecule has 0 saturated carbocycles. The third kappa shape index (κ3) is 8.53. The Bertz CT molecular complexity index is 5040. The normalized spacial score (nSPS) is 13.2. The van der Waals surface area contributed by atoms with Gasteiger partial charge in [-0.3, -0.25) is 4.57 Å². The van der Waals surface area contributed by atoms with E-state index in [9.17, 15) is 5.48 Å². The van der Waals surface area contributed by atoms with Gasteiger partial charge < -0.3 is 28.2 Å². The summed E-state index contributed by atoms with van der Waals surface area (Å²) in [6.45, 7) is 0. The second-order valence-corrected chi connectivity index (χ2v) is 19.4. The molecule has 79 heavy (non-hydrogen) atoms. The maximum absolute atomic E-state index is 9.24. The van der Waals surface area contributed by atoms with Crippen LogP contribution < -0.4 is 19.1 Å². The molecule has 10 aromatic carbocycles. The topological polar surface area (TPSA) is 47.3 Å². The standard InChI is InChI=1S/C70H51N7O.Pt/c1-72(2)51-35-37-64-66(42-51)75(70-55(48-22-10-6-11-23-48)30-19-31-56(70)49-24-12-7-13-25-49)46-74(64)53-26-18-27-54(41-53)78-68-45-65-60(44-67(68)76-61-32-16-14-28-57(61)58-29-15-17-33-62(58)76)59-40-50(47-20-8-5-9-21-47)34-36-63(59)77(65)69-43-52(73(3)4)38-39-71-69;/h5-40,42-44H,1-4H3;/q-2;/i6D,7D,10D,11D,12D,13D,22D,23D,24D,25D;. The molecule has 0 aliphatic heterocycles. The zero-order chi connectivity index (χ0) is 61.1. The molecule has 0 N–H and O–H groups in total. The molecule has 4 aromatic heterocycles. The summed E-state index contributed by atoms with van der Waals surface area (Å²) in [5, 5.41) is 4.00. The van der Waals surface area contributed by atoms with Crippen LogP contribution in [-0.2, 0) is 21.1 Å². The molecule has 0 fully saturated rings. The van der Waals surface area contributed by atoms with Gasteiger partial charge in [0.05, 0.1) is 30.4 Å². The third-order valence-corrected chi connectivity index (χ3v) is 14.3. The first kappa shape index (κ1) is 39.0. The number of rotatable bonds is 11. The molecule has 0 bridgehead atoms. The minimum Gasteiger partial charge on any atom is -0.508 e. The Morgan fingerprint density at radius 3 is 1.81 bits per heavy atom. The van der Waals surface area contributed by atoms with Crippen molar-refractivity contribution >= 4 is 66.0 Å². The number of hydrogen-bond acceptors (Lipinski definition) is 4. The predicted octanol–water partition coefficient (Wildman–Crippen LogP) is 15.8. The Morgan fingerprint density at radius 2 is 1.13 bits per heavy atom. The monoisotopic (exact) mass is 1210 g/mol. The fourth-order valence-electron chi connectivity index (χ4n) is 10.7. The van der Waals surface area contributed by atoms with Crippen molar-refractivity contribution in [3.05, 3.63) is 255 Å². The number of hydrogen-bond donors (Lipinski definition) is 0. The van der Waals surface area contributed by atoms with E-state index in [0.717, 1.165) is 66.1 Å². The number of ether oxygens (including phenoxy) is 1. The number of pyridine rings is 1. The van der Waals surface area contributed by atoms with Gasteiger partial charge >= 0.3 is 0 Å². The van der Waals surface area contributed by atoms with E-state index in [2.05, 4.69) is 94.3 Å². The zero-order valence-corrected chi connectivity index (χ0v) is 45.4. The second-order valence-electron chi connectivity index (χ2n) is 19.4. The van der Waals surface area contributed by atoms with Crippen LogP contribution in [0, 0.1) is 18.5 Å². The Labute approximate surface area is 487 Å². The Hall–Kier alpha value is -9.49. The summed E-state index contributed by atoms with van der Waals surface area (Å²) >= 11 is 0. The summed E-state index contributed by atoms with van der Waals surface area (Å²) < 4.78 is 104. The van der Waals surface area contributed by atoms with Gasteiger partial charge in [0.25, 0.3) is 6.33 Å². The van der Waals surface area contributed by atoms with Crippen molar-refractivity contribution in [3.8, 4) is 67.8 Å². The summed E-state index contributed by atoms with van der Waals surface area (Å²) in [5.41, 5.74) is 9.69. The van der Waals surface area contributed by atoms with Gasteiger partial charge in [-0.2, -0.15) is 12.1 Å². The Balaban J connectivity index is 0.00000729. The summed E-state index contributed by atoms with van der Waals surface area (Å²) in [7, 11) is 7.78. The average Bonchev–Trinajstić information content (AvgIpc) is 1.75. The van der Waals surface area contributed by atoms with Crippen LogP contribution in [0.1, 0.15) is 13.7 Å².